The molecule has 3 atom stereocenters. The van der Waals surface area contributed by atoms with Crippen molar-refractivity contribution >= 4 is 23.6 Å². The third kappa shape index (κ3) is 2.34. The van der Waals surface area contributed by atoms with Crippen LogP contribution in [0.25, 0.3) is 0 Å². The first-order chi connectivity index (χ1) is 14.4. The zero-order chi connectivity index (χ0) is 20.7. The SMILES string of the molecule is CC1(N2C(=O)C3C(c4nc(C5(O)CC5)no4)N=CN3c3cccc(F)c32)CCCO1. The highest BCUT2D eigenvalue weighted by Crippen LogP contribution is 2.49. The molecule has 6 rings (SSSR count). The molecule has 3 aliphatic heterocycles. The van der Waals surface area contributed by atoms with Crippen LogP contribution in [-0.4, -0.2) is 45.9 Å². The van der Waals surface area contributed by atoms with Gasteiger partial charge in [-0.25, -0.2) is 4.39 Å². The Balaban J connectivity index is 1.45. The Morgan fingerprint density at radius 1 is 1.30 bits per heavy atom. The van der Waals surface area contributed by atoms with E-state index < -0.39 is 29.2 Å². The van der Waals surface area contributed by atoms with Crippen LogP contribution in [0.2, 0.25) is 0 Å². The summed E-state index contributed by atoms with van der Waals surface area (Å²) in [5.74, 6) is -0.475. The molecule has 3 unspecified atom stereocenters. The average Bonchev–Trinajstić information content (AvgIpc) is 3.16. The number of carbonyl (C=O) groups excluding carboxylic acids is 1. The quantitative estimate of drug-likeness (QED) is 0.821. The van der Waals surface area contributed by atoms with Crippen LogP contribution in [0.5, 0.6) is 0 Å². The molecule has 1 amide bonds. The Labute approximate surface area is 171 Å². The lowest BCUT2D eigenvalue weighted by molar-refractivity contribution is -0.125. The van der Waals surface area contributed by atoms with Gasteiger partial charge in [-0.2, -0.15) is 4.98 Å². The normalized spacial score (nSPS) is 31.2. The number of hydrogen-bond donors (Lipinski definition) is 1. The molecule has 4 aliphatic rings. The van der Waals surface area contributed by atoms with Crippen molar-refractivity contribution < 1.29 is 23.6 Å². The molecule has 0 spiro atoms. The van der Waals surface area contributed by atoms with Crippen molar-refractivity contribution in [2.45, 2.75) is 56.0 Å². The minimum absolute atomic E-state index is 0.153. The molecule has 1 aliphatic carbocycles. The molecular formula is C20H20FN5O4. The van der Waals surface area contributed by atoms with Gasteiger partial charge < -0.3 is 19.3 Å². The van der Waals surface area contributed by atoms with Gasteiger partial charge in [0.2, 0.25) is 5.82 Å². The first-order valence-corrected chi connectivity index (χ1v) is 10.1. The molecule has 0 bridgehead atoms. The Morgan fingerprint density at radius 3 is 2.87 bits per heavy atom. The Bertz CT molecular complexity index is 1070. The number of carbonyl (C=O) groups is 1. The van der Waals surface area contributed by atoms with Crippen molar-refractivity contribution in [1.82, 2.24) is 10.1 Å². The lowest BCUT2D eigenvalue weighted by Crippen LogP contribution is -2.60. The second-order valence-corrected chi connectivity index (χ2v) is 8.46. The number of amides is 1. The number of para-hydroxylation sites is 1. The summed E-state index contributed by atoms with van der Waals surface area (Å²) in [6, 6.07) is 3.13. The molecule has 1 aromatic carbocycles. The number of fused-ring (bicyclic) bond motifs is 3. The largest absolute Gasteiger partial charge is 0.382 e. The molecule has 2 fully saturated rings. The number of ether oxygens (including phenoxy) is 1. The smallest absolute Gasteiger partial charge is 0.255 e. The van der Waals surface area contributed by atoms with Crippen molar-refractivity contribution in [2.75, 3.05) is 16.4 Å². The Kier molecular flexibility index (Phi) is 3.51. The van der Waals surface area contributed by atoms with Crippen LogP contribution in [0.15, 0.2) is 27.7 Å². The van der Waals surface area contributed by atoms with Crippen molar-refractivity contribution in [2.24, 2.45) is 4.99 Å². The second-order valence-electron chi connectivity index (χ2n) is 8.46. The standard InChI is InChI=1S/C20H20FN5O4/c1-19(6-3-9-29-19)26-14-11(21)4-2-5-12(14)25-10-22-13(15(25)17(26)27)16-23-18(24-30-16)20(28)7-8-20/h2,4-5,10,13,15,28H,3,6-9H2,1H3. The van der Waals surface area contributed by atoms with Crippen LogP contribution in [0, 0.1) is 5.82 Å². The fourth-order valence-corrected chi connectivity index (χ4v) is 4.59. The van der Waals surface area contributed by atoms with Gasteiger partial charge in [0.1, 0.15) is 28.9 Å². The van der Waals surface area contributed by atoms with E-state index in [1.54, 1.807) is 17.0 Å². The van der Waals surface area contributed by atoms with Gasteiger partial charge >= 0.3 is 0 Å². The first-order valence-electron chi connectivity index (χ1n) is 10.1. The summed E-state index contributed by atoms with van der Waals surface area (Å²) in [5.41, 5.74) is -1.28. The molecule has 4 heterocycles. The van der Waals surface area contributed by atoms with Gasteiger partial charge in [-0.05, 0) is 44.7 Å². The summed E-state index contributed by atoms with van der Waals surface area (Å²) in [7, 11) is 0. The van der Waals surface area contributed by atoms with Crippen molar-refractivity contribution in [3.05, 3.63) is 35.7 Å². The van der Waals surface area contributed by atoms with E-state index in [2.05, 4.69) is 15.1 Å². The molecule has 30 heavy (non-hydrogen) atoms. The first kappa shape index (κ1) is 18.0. The second kappa shape index (κ2) is 5.86. The van der Waals surface area contributed by atoms with Crippen LogP contribution in [0.3, 0.4) is 0 Å². The lowest BCUT2D eigenvalue weighted by atomic mass is 9.97. The number of aliphatic imine (C=N–C) groups is 1. The van der Waals surface area contributed by atoms with E-state index in [4.69, 9.17) is 9.26 Å². The maximum absolute atomic E-state index is 14.9. The predicted molar refractivity (Wildman–Crippen MR) is 102 cm³/mol. The zero-order valence-corrected chi connectivity index (χ0v) is 16.3. The van der Waals surface area contributed by atoms with Gasteiger partial charge in [0.25, 0.3) is 11.8 Å². The highest BCUT2D eigenvalue weighted by Gasteiger charge is 2.55. The predicted octanol–water partition coefficient (Wildman–Crippen LogP) is 2.02. The van der Waals surface area contributed by atoms with E-state index in [9.17, 15) is 14.3 Å². The number of nitrogens with zero attached hydrogens (tertiary/aromatic N) is 5. The topological polar surface area (TPSA) is 104 Å². The van der Waals surface area contributed by atoms with Gasteiger partial charge in [-0.15, -0.1) is 0 Å². The van der Waals surface area contributed by atoms with Crippen molar-refractivity contribution in [3.8, 4) is 0 Å². The average molecular weight is 413 g/mol. The van der Waals surface area contributed by atoms with E-state index in [0.29, 0.717) is 31.6 Å². The number of hydrogen-bond acceptors (Lipinski definition) is 8. The van der Waals surface area contributed by atoms with Crippen LogP contribution in [0.4, 0.5) is 15.8 Å². The highest BCUT2D eigenvalue weighted by molar-refractivity contribution is 6.12. The molecule has 10 heteroatoms. The molecule has 0 radical (unpaired) electrons. The van der Waals surface area contributed by atoms with Gasteiger partial charge in [-0.1, -0.05) is 11.2 Å². The number of aromatic nitrogens is 2. The number of aliphatic hydroxyl groups is 1. The van der Waals surface area contributed by atoms with Gasteiger partial charge in [0.05, 0.1) is 12.0 Å². The monoisotopic (exact) mass is 413 g/mol. The molecule has 1 saturated heterocycles. The fourth-order valence-electron chi connectivity index (χ4n) is 4.59. The summed E-state index contributed by atoms with van der Waals surface area (Å²) in [6.07, 6.45) is 4.04. The van der Waals surface area contributed by atoms with Crippen LogP contribution < -0.4 is 9.80 Å². The highest BCUT2D eigenvalue weighted by atomic mass is 19.1. The fraction of sp³-hybridized carbons (Fsp3) is 0.500. The van der Waals surface area contributed by atoms with Crippen molar-refractivity contribution in [1.29, 1.82) is 0 Å². The lowest BCUT2D eigenvalue weighted by Gasteiger charge is -2.45. The minimum Gasteiger partial charge on any atom is -0.382 e. The minimum atomic E-state index is -1.05. The molecule has 1 N–H and O–H groups in total. The van der Waals surface area contributed by atoms with Crippen LogP contribution in [0.1, 0.15) is 50.4 Å². The Hall–Kier alpha value is -2.85. The summed E-state index contributed by atoms with van der Waals surface area (Å²) in [6.45, 7) is 2.31. The zero-order valence-electron chi connectivity index (χ0n) is 16.3. The van der Waals surface area contributed by atoms with E-state index in [1.165, 1.54) is 17.3 Å². The van der Waals surface area contributed by atoms with Gasteiger partial charge in [0.15, 0.2) is 6.04 Å². The third-order valence-corrected chi connectivity index (χ3v) is 6.40. The van der Waals surface area contributed by atoms with Crippen LogP contribution >= 0.6 is 0 Å². The van der Waals surface area contributed by atoms with Crippen molar-refractivity contribution in [3.63, 3.8) is 0 Å². The maximum atomic E-state index is 14.9. The summed E-state index contributed by atoms with van der Waals surface area (Å²) < 4.78 is 26.2. The number of benzene rings is 1. The number of rotatable bonds is 3. The Morgan fingerprint density at radius 2 is 2.13 bits per heavy atom. The molecule has 1 saturated carbocycles. The van der Waals surface area contributed by atoms with Gasteiger partial charge in [0, 0.05) is 6.61 Å². The molecule has 1 aromatic heterocycles. The maximum Gasteiger partial charge on any atom is 0.255 e. The van der Waals surface area contributed by atoms with E-state index in [-0.39, 0.29) is 23.3 Å². The van der Waals surface area contributed by atoms with E-state index in [1.807, 2.05) is 6.92 Å². The summed E-state index contributed by atoms with van der Waals surface area (Å²) in [4.78, 5) is 25.6. The number of halogens is 1. The molecule has 156 valence electrons. The van der Waals surface area contributed by atoms with E-state index in [0.717, 1.165) is 6.42 Å². The number of anilines is 2. The van der Waals surface area contributed by atoms with Gasteiger partial charge in [-0.3, -0.25) is 14.7 Å². The third-order valence-electron chi connectivity index (χ3n) is 6.40. The summed E-state index contributed by atoms with van der Waals surface area (Å²) >= 11 is 0. The molecule has 2 aromatic rings. The molecule has 9 nitrogen and oxygen atoms in total. The molecular weight excluding hydrogens is 393 g/mol. The summed E-state index contributed by atoms with van der Waals surface area (Å²) in [5, 5.41) is 14.1. The van der Waals surface area contributed by atoms with E-state index >= 15 is 0 Å². The van der Waals surface area contributed by atoms with Crippen LogP contribution in [-0.2, 0) is 15.1 Å².